The summed E-state index contributed by atoms with van der Waals surface area (Å²) in [6, 6.07) is 8.05. The fourth-order valence-corrected chi connectivity index (χ4v) is 1.73. The maximum absolute atomic E-state index is 12.2. The molecule has 0 spiro atoms. The second-order valence-corrected chi connectivity index (χ2v) is 4.46. The maximum atomic E-state index is 12.2. The quantitative estimate of drug-likeness (QED) is 0.805. The molecule has 0 saturated carbocycles. The first kappa shape index (κ1) is 15.0. The van der Waals surface area contributed by atoms with Crippen molar-refractivity contribution in [2.45, 2.75) is 13.1 Å². The minimum absolute atomic E-state index is 0.0723. The normalized spacial score (nSPS) is 11.2. The standard InChI is InChI=1S/C15H12F3NO2/c1-10-2-3-12(7-19-10)11-4-5-13(8-20)14(6-11)21-9-15(16,17)18/h2-8H,9H2,1H3. The number of halogens is 3. The van der Waals surface area contributed by atoms with Gasteiger partial charge in [-0.1, -0.05) is 12.1 Å². The molecule has 1 heterocycles. The summed E-state index contributed by atoms with van der Waals surface area (Å²) >= 11 is 0. The van der Waals surface area contributed by atoms with Gasteiger partial charge in [0.1, 0.15) is 5.75 Å². The molecule has 21 heavy (non-hydrogen) atoms. The summed E-state index contributed by atoms with van der Waals surface area (Å²) in [6.07, 6.45) is -2.39. The highest BCUT2D eigenvalue weighted by atomic mass is 19.4. The molecule has 2 aromatic rings. The lowest BCUT2D eigenvalue weighted by atomic mass is 10.0. The highest BCUT2D eigenvalue weighted by molar-refractivity contribution is 5.81. The number of aldehydes is 1. The number of pyridine rings is 1. The molecule has 0 amide bonds. The molecule has 0 radical (unpaired) electrons. The molecular weight excluding hydrogens is 283 g/mol. The number of aromatic nitrogens is 1. The molecule has 110 valence electrons. The van der Waals surface area contributed by atoms with Crippen molar-refractivity contribution in [2.24, 2.45) is 0 Å². The van der Waals surface area contributed by atoms with Crippen LogP contribution in [0.25, 0.3) is 11.1 Å². The maximum Gasteiger partial charge on any atom is 0.422 e. The van der Waals surface area contributed by atoms with Gasteiger partial charge in [0.2, 0.25) is 0 Å². The Hall–Kier alpha value is -2.37. The van der Waals surface area contributed by atoms with Crippen molar-refractivity contribution < 1.29 is 22.7 Å². The predicted molar refractivity (Wildman–Crippen MR) is 71.3 cm³/mol. The number of ether oxygens (including phenoxy) is 1. The van der Waals surface area contributed by atoms with Crippen LogP contribution in [0.3, 0.4) is 0 Å². The Kier molecular flexibility index (Phi) is 4.26. The van der Waals surface area contributed by atoms with E-state index in [9.17, 15) is 18.0 Å². The second kappa shape index (κ2) is 5.95. The van der Waals surface area contributed by atoms with E-state index in [1.807, 2.05) is 6.92 Å². The van der Waals surface area contributed by atoms with E-state index in [1.165, 1.54) is 12.1 Å². The van der Waals surface area contributed by atoms with Crippen LogP contribution in [0.4, 0.5) is 13.2 Å². The minimum Gasteiger partial charge on any atom is -0.483 e. The lowest BCUT2D eigenvalue weighted by Crippen LogP contribution is -2.19. The Morgan fingerprint density at radius 1 is 1.19 bits per heavy atom. The van der Waals surface area contributed by atoms with Crippen molar-refractivity contribution in [3.8, 4) is 16.9 Å². The third-order valence-electron chi connectivity index (χ3n) is 2.78. The topological polar surface area (TPSA) is 39.2 Å². The van der Waals surface area contributed by atoms with Crippen molar-refractivity contribution in [1.82, 2.24) is 4.98 Å². The summed E-state index contributed by atoms with van der Waals surface area (Å²) < 4.78 is 41.4. The van der Waals surface area contributed by atoms with Crippen LogP contribution >= 0.6 is 0 Å². The van der Waals surface area contributed by atoms with Crippen molar-refractivity contribution in [3.63, 3.8) is 0 Å². The molecule has 0 saturated heterocycles. The van der Waals surface area contributed by atoms with Crippen LogP contribution in [0.2, 0.25) is 0 Å². The van der Waals surface area contributed by atoms with Gasteiger partial charge in [-0.05, 0) is 30.7 Å². The van der Waals surface area contributed by atoms with Crippen molar-refractivity contribution in [1.29, 1.82) is 0 Å². The Bertz CT molecular complexity index is 636. The van der Waals surface area contributed by atoms with Gasteiger partial charge in [0.25, 0.3) is 0 Å². The van der Waals surface area contributed by atoms with Crippen LogP contribution in [0.5, 0.6) is 5.75 Å². The number of nitrogens with zero attached hydrogens (tertiary/aromatic N) is 1. The summed E-state index contributed by atoms with van der Waals surface area (Å²) in [5.74, 6) is -0.0969. The molecule has 1 aromatic heterocycles. The van der Waals surface area contributed by atoms with E-state index in [2.05, 4.69) is 4.98 Å². The van der Waals surface area contributed by atoms with E-state index < -0.39 is 12.8 Å². The molecule has 1 aromatic carbocycles. The zero-order valence-corrected chi connectivity index (χ0v) is 11.1. The smallest absolute Gasteiger partial charge is 0.422 e. The average Bonchev–Trinajstić information content (AvgIpc) is 2.45. The fraction of sp³-hybridized carbons (Fsp3) is 0.200. The highest BCUT2D eigenvalue weighted by Crippen LogP contribution is 2.28. The zero-order chi connectivity index (χ0) is 15.5. The number of carbonyl (C=O) groups excluding carboxylic acids is 1. The van der Waals surface area contributed by atoms with Gasteiger partial charge in [0, 0.05) is 17.5 Å². The van der Waals surface area contributed by atoms with Crippen LogP contribution in [0.1, 0.15) is 16.1 Å². The number of hydrogen-bond donors (Lipinski definition) is 0. The van der Waals surface area contributed by atoms with Crippen molar-refractivity contribution >= 4 is 6.29 Å². The third kappa shape index (κ3) is 4.05. The van der Waals surface area contributed by atoms with E-state index in [1.54, 1.807) is 24.4 Å². The fourth-order valence-electron chi connectivity index (χ4n) is 1.73. The first-order chi connectivity index (χ1) is 9.89. The minimum atomic E-state index is -4.46. The largest absolute Gasteiger partial charge is 0.483 e. The molecule has 0 unspecified atom stereocenters. The molecule has 0 aliphatic heterocycles. The van der Waals surface area contributed by atoms with E-state index in [0.29, 0.717) is 11.8 Å². The molecule has 3 nitrogen and oxygen atoms in total. The van der Waals surface area contributed by atoms with Crippen LogP contribution in [0.15, 0.2) is 36.5 Å². The number of benzene rings is 1. The number of rotatable bonds is 4. The Labute approximate surface area is 119 Å². The van der Waals surface area contributed by atoms with Gasteiger partial charge in [0.05, 0.1) is 5.56 Å². The zero-order valence-electron chi connectivity index (χ0n) is 11.1. The van der Waals surface area contributed by atoms with Crippen molar-refractivity contribution in [2.75, 3.05) is 6.61 Å². The summed E-state index contributed by atoms with van der Waals surface area (Å²) in [6.45, 7) is 0.389. The van der Waals surface area contributed by atoms with Gasteiger partial charge in [-0.15, -0.1) is 0 Å². The Morgan fingerprint density at radius 2 is 1.90 bits per heavy atom. The Morgan fingerprint density at radius 3 is 2.48 bits per heavy atom. The number of aryl methyl sites for hydroxylation is 1. The van der Waals surface area contributed by atoms with Crippen molar-refractivity contribution in [3.05, 3.63) is 47.8 Å². The first-order valence-electron chi connectivity index (χ1n) is 6.11. The van der Waals surface area contributed by atoms with E-state index in [4.69, 9.17) is 4.74 Å². The summed E-state index contributed by atoms with van der Waals surface area (Å²) in [5.41, 5.74) is 2.26. The second-order valence-electron chi connectivity index (χ2n) is 4.46. The molecule has 0 bridgehead atoms. The number of hydrogen-bond acceptors (Lipinski definition) is 3. The van der Waals surface area contributed by atoms with Gasteiger partial charge in [-0.25, -0.2) is 0 Å². The molecule has 0 aliphatic carbocycles. The summed E-state index contributed by atoms with van der Waals surface area (Å²) in [7, 11) is 0. The Balaban J connectivity index is 2.32. The van der Waals surface area contributed by atoms with Crippen LogP contribution in [0, 0.1) is 6.92 Å². The van der Waals surface area contributed by atoms with Gasteiger partial charge in [-0.3, -0.25) is 9.78 Å². The average molecular weight is 295 g/mol. The number of alkyl halides is 3. The van der Waals surface area contributed by atoms with E-state index in [0.717, 1.165) is 11.3 Å². The van der Waals surface area contributed by atoms with E-state index >= 15 is 0 Å². The van der Waals surface area contributed by atoms with Gasteiger partial charge in [-0.2, -0.15) is 13.2 Å². The molecule has 6 heteroatoms. The SMILES string of the molecule is Cc1ccc(-c2ccc(C=O)c(OCC(F)(F)F)c2)cn1. The third-order valence-corrected chi connectivity index (χ3v) is 2.78. The molecule has 0 atom stereocenters. The van der Waals surface area contributed by atoms with Gasteiger partial charge >= 0.3 is 6.18 Å². The lowest BCUT2D eigenvalue weighted by molar-refractivity contribution is -0.153. The van der Waals surface area contributed by atoms with E-state index in [-0.39, 0.29) is 11.3 Å². The van der Waals surface area contributed by atoms with Crippen LogP contribution < -0.4 is 4.74 Å². The van der Waals surface area contributed by atoms with Gasteiger partial charge in [0.15, 0.2) is 12.9 Å². The number of carbonyl (C=O) groups is 1. The lowest BCUT2D eigenvalue weighted by Gasteiger charge is -2.12. The molecule has 0 aliphatic rings. The first-order valence-corrected chi connectivity index (χ1v) is 6.11. The molecule has 0 fully saturated rings. The van der Waals surface area contributed by atoms with Crippen LogP contribution in [-0.2, 0) is 0 Å². The summed E-state index contributed by atoms with van der Waals surface area (Å²) in [5, 5.41) is 0. The van der Waals surface area contributed by atoms with Gasteiger partial charge < -0.3 is 4.74 Å². The predicted octanol–water partition coefficient (Wildman–Crippen LogP) is 3.81. The molecular formula is C15H12F3NO2. The van der Waals surface area contributed by atoms with Crippen LogP contribution in [-0.4, -0.2) is 24.1 Å². The highest BCUT2D eigenvalue weighted by Gasteiger charge is 2.28. The molecule has 2 rings (SSSR count). The summed E-state index contributed by atoms with van der Waals surface area (Å²) in [4.78, 5) is 15.0. The molecule has 0 N–H and O–H groups in total. The monoisotopic (exact) mass is 295 g/mol.